The summed E-state index contributed by atoms with van der Waals surface area (Å²) in [4.78, 5) is 5.79. The molecule has 570 valence electrons. The number of nitrogens with two attached hydrogens (primary N) is 1. The lowest BCUT2D eigenvalue weighted by atomic mass is 9.94. The van der Waals surface area contributed by atoms with E-state index in [0.717, 1.165) is 122 Å². The summed E-state index contributed by atoms with van der Waals surface area (Å²) in [6, 6.07) is 147. The fourth-order valence-electron chi connectivity index (χ4n) is 15.5. The van der Waals surface area contributed by atoms with Crippen molar-refractivity contribution in [1.29, 1.82) is 5.26 Å². The van der Waals surface area contributed by atoms with E-state index in [1.165, 1.54) is 77.0 Å². The molecule has 3 heterocycles. The molecule has 3 N–H and O–H groups in total. The molecule has 0 atom stereocenters. The minimum atomic E-state index is 0.643. The Hall–Kier alpha value is -15.3. The summed E-state index contributed by atoms with van der Waals surface area (Å²) in [6.07, 6.45) is 0. The fraction of sp³-hybridized carbons (Fsp3) is 0. The number of hydrogen-bond donors (Lipinski definition) is 2. The largest absolute Gasteiger partial charge is 0.456 e. The van der Waals surface area contributed by atoms with E-state index in [-0.39, 0.29) is 0 Å². The van der Waals surface area contributed by atoms with Crippen LogP contribution >= 0.6 is 31.9 Å². The highest BCUT2D eigenvalue weighted by Crippen LogP contribution is 2.52. The van der Waals surface area contributed by atoms with Crippen molar-refractivity contribution in [2.75, 3.05) is 16.0 Å². The van der Waals surface area contributed by atoms with E-state index in [9.17, 15) is 0 Å². The van der Waals surface area contributed by atoms with Gasteiger partial charge in [-0.25, -0.2) is 4.85 Å². The molecule has 0 saturated heterocycles. The molecule has 0 aromatic heterocycles. The van der Waals surface area contributed by atoms with Crippen molar-refractivity contribution in [3.8, 4) is 130 Å². The van der Waals surface area contributed by atoms with E-state index in [0.29, 0.717) is 11.3 Å². The summed E-state index contributed by atoms with van der Waals surface area (Å²) in [7, 11) is 0. The van der Waals surface area contributed by atoms with Crippen LogP contribution < -0.4 is 30.2 Å². The Balaban J connectivity index is 0.000000112. The molecule has 0 saturated carbocycles. The molecule has 0 unspecified atom stereocenters. The number of nitrogens with zero attached hydrogens (tertiary/aromatic N) is 3. The van der Waals surface area contributed by atoms with Gasteiger partial charge in [0.05, 0.1) is 18.2 Å². The summed E-state index contributed by atoms with van der Waals surface area (Å²) >= 11 is 6.88. The number of nitriles is 1. The monoisotopic (exact) mass is 1670 g/mol. The molecular formula is C110H73Br2N5O3. The summed E-state index contributed by atoms with van der Waals surface area (Å²) in [5.74, 6) is 5.38. The van der Waals surface area contributed by atoms with E-state index in [1.807, 2.05) is 170 Å². The van der Waals surface area contributed by atoms with Crippen molar-refractivity contribution in [3.63, 3.8) is 0 Å². The topological polar surface area (TPSA) is 97.1 Å². The highest BCUT2D eigenvalue weighted by Gasteiger charge is 2.25. The number of ether oxygens (including phenoxy) is 3. The van der Waals surface area contributed by atoms with E-state index in [1.54, 1.807) is 0 Å². The molecule has 3 aliphatic rings. The molecule has 120 heavy (non-hydrogen) atoms. The Bertz CT molecular complexity index is 7010. The minimum absolute atomic E-state index is 0.643. The van der Waals surface area contributed by atoms with Gasteiger partial charge in [0.25, 0.3) is 0 Å². The zero-order chi connectivity index (χ0) is 81.3. The quantitative estimate of drug-likeness (QED) is 0.104. The van der Waals surface area contributed by atoms with Crippen LogP contribution in [0.1, 0.15) is 5.56 Å². The number of anilines is 6. The number of fused-ring (bicyclic) bond motifs is 6. The van der Waals surface area contributed by atoms with Gasteiger partial charge >= 0.3 is 0 Å². The van der Waals surface area contributed by atoms with Gasteiger partial charge < -0.3 is 30.2 Å². The van der Waals surface area contributed by atoms with Crippen molar-refractivity contribution < 1.29 is 14.2 Å². The number of benzene rings is 19. The number of nitrogens with one attached hydrogen (secondary N) is 1. The van der Waals surface area contributed by atoms with Crippen LogP contribution in [0.15, 0.2) is 434 Å². The van der Waals surface area contributed by atoms with Crippen LogP contribution in [-0.4, -0.2) is 0 Å². The Morgan fingerprint density at radius 3 is 1.03 bits per heavy atom. The highest BCUT2D eigenvalue weighted by atomic mass is 79.9. The molecule has 0 amide bonds. The minimum Gasteiger partial charge on any atom is -0.456 e. The lowest BCUT2D eigenvalue weighted by Crippen LogP contribution is -2.10. The molecule has 3 aliphatic heterocycles. The van der Waals surface area contributed by atoms with Crippen molar-refractivity contribution in [2.45, 2.75) is 0 Å². The normalized spacial score (nSPS) is 11.1. The zero-order valence-corrected chi connectivity index (χ0v) is 68.0. The van der Waals surface area contributed by atoms with Crippen molar-refractivity contribution in [3.05, 3.63) is 451 Å². The zero-order valence-electron chi connectivity index (χ0n) is 64.8. The van der Waals surface area contributed by atoms with Gasteiger partial charge in [0, 0.05) is 88.1 Å². The third kappa shape index (κ3) is 16.5. The van der Waals surface area contributed by atoms with E-state index in [4.69, 9.17) is 31.8 Å². The SMILES string of the molecule is Brc1ccc2c(c1)Oc1cccc3cccc-2c13.N#Cc1ccc(-c2ccc(Br)cc2)cc1.Nc1ccc(-c2ccccc2)cc1.[C-]#[N+]c1ccc(-c2ccc(N(c3ccc(-c4ccccc4)cc3)c3ccc4c(c3)Oc3cccc5cccc-4c35)cc2)cc1.c1ccc(-c2ccc(Nc3ccc4c(c3)Oc3cccc5cccc-4c35)cc2)cc1. The highest BCUT2D eigenvalue weighted by molar-refractivity contribution is 9.10. The number of hydrogen-bond acceptors (Lipinski definition) is 7. The second-order valence-corrected chi connectivity index (χ2v) is 30.9. The van der Waals surface area contributed by atoms with Crippen LogP contribution in [0.3, 0.4) is 0 Å². The Morgan fingerprint density at radius 1 is 0.283 bits per heavy atom. The van der Waals surface area contributed by atoms with Crippen molar-refractivity contribution >= 4 is 104 Å². The summed E-state index contributed by atoms with van der Waals surface area (Å²) in [6.45, 7) is 7.25. The molecular weight excluding hydrogens is 1600 g/mol. The van der Waals surface area contributed by atoms with Gasteiger partial charge in [-0.1, -0.05) is 311 Å². The smallest absolute Gasteiger partial charge is 0.187 e. The molecule has 0 fully saturated rings. The molecule has 0 spiro atoms. The van der Waals surface area contributed by atoms with Crippen molar-refractivity contribution in [2.24, 2.45) is 0 Å². The number of rotatable bonds is 10. The number of nitrogen functional groups attached to an aromatic ring is 1. The lowest BCUT2D eigenvalue weighted by molar-refractivity contribution is 0.486. The Labute approximate surface area is 714 Å². The third-order valence-corrected chi connectivity index (χ3v) is 22.5. The second-order valence-electron chi connectivity index (χ2n) is 29.0. The van der Waals surface area contributed by atoms with Crippen LogP contribution in [0.5, 0.6) is 34.5 Å². The van der Waals surface area contributed by atoms with Crippen LogP contribution in [0.25, 0.3) is 126 Å². The fourth-order valence-corrected chi connectivity index (χ4v) is 16.1. The molecule has 0 radical (unpaired) electrons. The summed E-state index contributed by atoms with van der Waals surface area (Å²) in [5.41, 5.74) is 31.6. The third-order valence-electron chi connectivity index (χ3n) is 21.5. The van der Waals surface area contributed by atoms with E-state index < -0.39 is 0 Å². The van der Waals surface area contributed by atoms with Crippen LogP contribution in [0.4, 0.5) is 39.8 Å². The Morgan fingerprint density at radius 2 is 0.608 bits per heavy atom. The summed E-state index contributed by atoms with van der Waals surface area (Å²) in [5, 5.41) is 19.3. The van der Waals surface area contributed by atoms with Gasteiger partial charge in [-0.2, -0.15) is 5.26 Å². The summed E-state index contributed by atoms with van der Waals surface area (Å²) < 4.78 is 20.9. The molecule has 10 heteroatoms. The molecule has 0 aliphatic carbocycles. The van der Waals surface area contributed by atoms with Gasteiger partial charge in [0.1, 0.15) is 34.5 Å². The average Bonchev–Trinajstić information content (AvgIpc) is 0.759. The average molecular weight is 1670 g/mol. The van der Waals surface area contributed by atoms with Gasteiger partial charge in [-0.3, -0.25) is 0 Å². The predicted molar refractivity (Wildman–Crippen MR) is 504 cm³/mol. The van der Waals surface area contributed by atoms with Gasteiger partial charge in [-0.05, 0) is 222 Å². The first-order valence-electron chi connectivity index (χ1n) is 39.4. The number of halogens is 2. The van der Waals surface area contributed by atoms with Gasteiger partial charge in [0.15, 0.2) is 5.69 Å². The predicted octanol–water partition coefficient (Wildman–Crippen LogP) is 32.3. The van der Waals surface area contributed by atoms with E-state index >= 15 is 0 Å². The van der Waals surface area contributed by atoms with Crippen LogP contribution in [0.2, 0.25) is 0 Å². The molecule has 22 rings (SSSR count). The molecule has 8 nitrogen and oxygen atoms in total. The first-order chi connectivity index (χ1) is 59.1. The van der Waals surface area contributed by atoms with Crippen LogP contribution in [-0.2, 0) is 0 Å². The van der Waals surface area contributed by atoms with Crippen LogP contribution in [0, 0.1) is 17.9 Å². The first-order valence-corrected chi connectivity index (χ1v) is 41.0. The second kappa shape index (κ2) is 34.6. The Kier molecular flexibility index (Phi) is 21.9. The molecule has 19 aromatic carbocycles. The maximum Gasteiger partial charge on any atom is 0.187 e. The standard InChI is InChI=1S/C41H26N2O.C28H19NO.C16H9BrO.C13H8BrN.C12H11N/c1-42-33-19-13-29(14-20-33)31-17-23-35(24-18-31)43(34-21-15-30(16-22-34)28-7-3-2-4-8-28)36-25-26-37-38-11-5-9-32-10-6-12-39(41(32)38)44-40(37)27-36;1-2-6-19(7-3-1)20-12-14-22(15-13-20)29-23-16-17-24-25-10-4-8-21-9-5-11-26(28(21)25)30-27(24)18-23;17-11-7-8-12-13-5-1-3-10-4-2-6-14(16(10)13)18-15(12)9-11;14-13-7-5-12(6-8-13)11-3-1-10(9-15)2-4-11;13-12-8-6-11(7-9-12)10-4-2-1-3-5-10/h2-27H;1-18,29H;1-9H;1-8H;1-9H,13H2. The first kappa shape index (κ1) is 76.0. The molecule has 0 bridgehead atoms. The maximum absolute atomic E-state index is 8.68. The van der Waals surface area contributed by atoms with E-state index in [2.05, 4.69) is 308 Å². The van der Waals surface area contributed by atoms with Gasteiger partial charge in [0.2, 0.25) is 0 Å². The molecule has 19 aromatic rings. The lowest BCUT2D eigenvalue weighted by Gasteiger charge is -2.28. The maximum atomic E-state index is 8.68. The van der Waals surface area contributed by atoms with Crippen molar-refractivity contribution in [1.82, 2.24) is 0 Å². The van der Waals surface area contributed by atoms with Gasteiger partial charge in [-0.15, -0.1) is 0 Å².